The first-order valence-electron chi connectivity index (χ1n) is 7.48. The molecule has 0 aliphatic heterocycles. The maximum Gasteiger partial charge on any atom is 0.255 e. The molecular weight excluding hydrogens is 324 g/mol. The van der Waals surface area contributed by atoms with Gasteiger partial charge in [-0.05, 0) is 48.9 Å². The molecule has 0 atom stereocenters. The number of hydrogen-bond acceptors (Lipinski definition) is 3. The quantitative estimate of drug-likeness (QED) is 0.715. The summed E-state index contributed by atoms with van der Waals surface area (Å²) >= 11 is 5.90. The van der Waals surface area contributed by atoms with Crippen LogP contribution in [0.2, 0.25) is 5.02 Å². The second-order valence-electron chi connectivity index (χ2n) is 5.46. The van der Waals surface area contributed by atoms with Gasteiger partial charge in [0.1, 0.15) is 0 Å². The first-order valence-corrected chi connectivity index (χ1v) is 7.85. The number of rotatable bonds is 4. The fraction of sp³-hybridized carbons (Fsp3) is 0.111. The Kier molecular flexibility index (Phi) is 4.53. The van der Waals surface area contributed by atoms with Gasteiger partial charge >= 0.3 is 0 Å². The fourth-order valence-electron chi connectivity index (χ4n) is 2.46. The maximum absolute atomic E-state index is 12.4. The lowest BCUT2D eigenvalue weighted by Crippen LogP contribution is -2.23. The predicted molar refractivity (Wildman–Crippen MR) is 95.3 cm³/mol. The van der Waals surface area contributed by atoms with Crippen molar-refractivity contribution in [3.05, 3.63) is 76.6 Å². The van der Waals surface area contributed by atoms with E-state index in [1.807, 2.05) is 43.3 Å². The molecule has 0 aliphatic carbocycles. The smallest absolute Gasteiger partial charge is 0.255 e. The number of amides is 1. The molecule has 0 saturated carbocycles. The van der Waals surface area contributed by atoms with E-state index in [0.717, 1.165) is 16.9 Å². The minimum absolute atomic E-state index is 0.171. The third-order valence-electron chi connectivity index (χ3n) is 3.73. The predicted octanol–water partition coefficient (Wildman–Crippen LogP) is 3.35. The molecule has 1 heterocycles. The summed E-state index contributed by atoms with van der Waals surface area (Å²) in [6, 6.07) is 14.7. The lowest BCUT2D eigenvalue weighted by Gasteiger charge is -2.07. The van der Waals surface area contributed by atoms with Crippen LogP contribution in [0.3, 0.4) is 0 Å². The highest BCUT2D eigenvalue weighted by atomic mass is 35.5. The van der Waals surface area contributed by atoms with Crippen LogP contribution in [0.4, 0.5) is 5.69 Å². The largest absolute Gasteiger partial charge is 0.399 e. The van der Waals surface area contributed by atoms with Gasteiger partial charge in [0.2, 0.25) is 0 Å². The Labute approximate surface area is 145 Å². The molecule has 1 aromatic heterocycles. The molecule has 0 saturated heterocycles. The van der Waals surface area contributed by atoms with Crippen LogP contribution in [0.1, 0.15) is 21.6 Å². The summed E-state index contributed by atoms with van der Waals surface area (Å²) in [5, 5.41) is 7.84. The number of aromatic nitrogens is 2. The molecule has 0 spiro atoms. The van der Waals surface area contributed by atoms with Gasteiger partial charge in [0.05, 0.1) is 23.1 Å². The number of anilines is 1. The molecular formula is C18H17ClN4O. The second-order valence-corrected chi connectivity index (χ2v) is 5.90. The zero-order chi connectivity index (χ0) is 17.1. The number of nitrogen functional groups attached to an aromatic ring is 1. The molecule has 0 unspecified atom stereocenters. The maximum atomic E-state index is 12.4. The molecule has 3 N–H and O–H groups in total. The minimum atomic E-state index is -0.171. The van der Waals surface area contributed by atoms with Crippen molar-refractivity contribution in [2.75, 3.05) is 5.73 Å². The normalized spacial score (nSPS) is 10.6. The summed E-state index contributed by atoms with van der Waals surface area (Å²) in [6.45, 7) is 2.27. The summed E-state index contributed by atoms with van der Waals surface area (Å²) in [5.41, 5.74) is 9.52. The summed E-state index contributed by atoms with van der Waals surface area (Å²) < 4.78 is 1.71. The molecule has 0 bridgehead atoms. The van der Waals surface area contributed by atoms with Gasteiger partial charge in [-0.15, -0.1) is 0 Å². The van der Waals surface area contributed by atoms with Gasteiger partial charge < -0.3 is 11.1 Å². The Morgan fingerprint density at radius 2 is 2.00 bits per heavy atom. The average Bonchev–Trinajstić information content (AvgIpc) is 2.95. The van der Waals surface area contributed by atoms with Crippen LogP contribution in [0.5, 0.6) is 0 Å². The van der Waals surface area contributed by atoms with E-state index in [2.05, 4.69) is 10.4 Å². The summed E-state index contributed by atoms with van der Waals surface area (Å²) in [5.74, 6) is -0.171. The third kappa shape index (κ3) is 3.41. The summed E-state index contributed by atoms with van der Waals surface area (Å²) in [4.78, 5) is 12.4. The van der Waals surface area contributed by atoms with E-state index in [1.165, 1.54) is 0 Å². The molecule has 3 aromatic rings. The van der Waals surface area contributed by atoms with Crippen molar-refractivity contribution in [3.63, 3.8) is 0 Å². The number of halogens is 1. The molecule has 2 aromatic carbocycles. The molecule has 5 nitrogen and oxygen atoms in total. The number of nitrogens with two attached hydrogens (primary N) is 1. The number of nitrogens with zero attached hydrogens (tertiary/aromatic N) is 2. The van der Waals surface area contributed by atoms with Crippen molar-refractivity contribution in [1.82, 2.24) is 15.1 Å². The number of carbonyl (C=O) groups excluding carboxylic acids is 1. The van der Waals surface area contributed by atoms with E-state index < -0.39 is 0 Å². The molecule has 122 valence electrons. The second kappa shape index (κ2) is 6.76. The SMILES string of the molecule is Cc1c(C(=O)NCc2cccc(N)c2)cnn1-c1ccc(Cl)cc1. The van der Waals surface area contributed by atoms with Crippen molar-refractivity contribution < 1.29 is 4.79 Å². The highest BCUT2D eigenvalue weighted by Gasteiger charge is 2.15. The zero-order valence-corrected chi connectivity index (χ0v) is 13.9. The first kappa shape index (κ1) is 16.1. The van der Waals surface area contributed by atoms with Crippen molar-refractivity contribution in [2.24, 2.45) is 0 Å². The molecule has 1 amide bonds. The molecule has 3 rings (SSSR count). The number of benzene rings is 2. The Balaban J connectivity index is 1.75. The molecule has 24 heavy (non-hydrogen) atoms. The Bertz CT molecular complexity index is 871. The Hall–Kier alpha value is -2.79. The molecule has 0 aliphatic rings. The molecule has 0 radical (unpaired) electrons. The first-order chi connectivity index (χ1) is 11.5. The van der Waals surface area contributed by atoms with Crippen LogP contribution in [0, 0.1) is 6.92 Å². The summed E-state index contributed by atoms with van der Waals surface area (Å²) in [6.07, 6.45) is 1.57. The van der Waals surface area contributed by atoms with Crippen molar-refractivity contribution in [1.29, 1.82) is 0 Å². The fourth-order valence-corrected chi connectivity index (χ4v) is 2.58. The van der Waals surface area contributed by atoms with E-state index in [1.54, 1.807) is 23.0 Å². The van der Waals surface area contributed by atoms with Crippen molar-refractivity contribution in [2.45, 2.75) is 13.5 Å². The van der Waals surface area contributed by atoms with Crippen molar-refractivity contribution in [3.8, 4) is 5.69 Å². The van der Waals surface area contributed by atoms with Gasteiger partial charge in [0.25, 0.3) is 5.91 Å². The van der Waals surface area contributed by atoms with E-state index >= 15 is 0 Å². The van der Waals surface area contributed by atoms with Crippen LogP contribution in [0.25, 0.3) is 5.69 Å². The van der Waals surface area contributed by atoms with Gasteiger partial charge in [-0.2, -0.15) is 5.10 Å². The van der Waals surface area contributed by atoms with Gasteiger partial charge in [-0.3, -0.25) is 4.79 Å². The van der Waals surface area contributed by atoms with Crippen molar-refractivity contribution >= 4 is 23.2 Å². The monoisotopic (exact) mass is 340 g/mol. The van der Waals surface area contributed by atoms with Gasteiger partial charge in [0.15, 0.2) is 0 Å². The minimum Gasteiger partial charge on any atom is -0.399 e. The lowest BCUT2D eigenvalue weighted by molar-refractivity contribution is 0.0950. The number of carbonyl (C=O) groups is 1. The van der Waals surface area contributed by atoms with Crippen LogP contribution >= 0.6 is 11.6 Å². The van der Waals surface area contributed by atoms with Crippen LogP contribution in [-0.2, 0) is 6.54 Å². The summed E-state index contributed by atoms with van der Waals surface area (Å²) in [7, 11) is 0. The topological polar surface area (TPSA) is 72.9 Å². The van der Waals surface area contributed by atoms with Gasteiger partial charge in [-0.1, -0.05) is 23.7 Å². The average molecular weight is 341 g/mol. The highest BCUT2D eigenvalue weighted by molar-refractivity contribution is 6.30. The zero-order valence-electron chi connectivity index (χ0n) is 13.2. The van der Waals surface area contributed by atoms with Gasteiger partial charge in [0, 0.05) is 17.3 Å². The lowest BCUT2D eigenvalue weighted by atomic mass is 10.2. The molecule has 6 heteroatoms. The third-order valence-corrected chi connectivity index (χ3v) is 3.98. The van der Waals surface area contributed by atoms with Gasteiger partial charge in [-0.25, -0.2) is 4.68 Å². The van der Waals surface area contributed by atoms with Crippen LogP contribution in [0.15, 0.2) is 54.7 Å². The van der Waals surface area contributed by atoms with Crippen LogP contribution in [-0.4, -0.2) is 15.7 Å². The van der Waals surface area contributed by atoms with Crippen LogP contribution < -0.4 is 11.1 Å². The Morgan fingerprint density at radius 1 is 1.25 bits per heavy atom. The number of hydrogen-bond donors (Lipinski definition) is 2. The Morgan fingerprint density at radius 3 is 2.71 bits per heavy atom. The van der Waals surface area contributed by atoms with E-state index in [9.17, 15) is 4.79 Å². The molecule has 0 fully saturated rings. The van der Waals surface area contributed by atoms with E-state index in [-0.39, 0.29) is 5.91 Å². The van der Waals surface area contributed by atoms with E-state index in [0.29, 0.717) is 22.8 Å². The van der Waals surface area contributed by atoms with E-state index in [4.69, 9.17) is 17.3 Å². The highest BCUT2D eigenvalue weighted by Crippen LogP contribution is 2.17. The standard InChI is InChI=1S/C18H17ClN4O/c1-12-17(11-22-23(12)16-7-5-14(19)6-8-16)18(24)21-10-13-3-2-4-15(20)9-13/h2-9,11H,10,20H2,1H3,(H,21,24). The number of nitrogens with one attached hydrogen (secondary N) is 1.